The Morgan fingerprint density at radius 1 is 1.35 bits per heavy atom. The third-order valence-corrected chi connectivity index (χ3v) is 4.96. The van der Waals surface area contributed by atoms with Gasteiger partial charge in [-0.25, -0.2) is 9.18 Å². The van der Waals surface area contributed by atoms with E-state index in [4.69, 9.17) is 15.3 Å². The average molecular weight is 364 g/mol. The molecule has 8 nitrogen and oxygen atoms in total. The van der Waals surface area contributed by atoms with Crippen LogP contribution in [0.4, 0.5) is 10.1 Å². The van der Waals surface area contributed by atoms with Gasteiger partial charge in [0.25, 0.3) is 5.56 Å². The number of morpholine rings is 1. The van der Waals surface area contributed by atoms with E-state index in [0.717, 1.165) is 18.9 Å². The second-order valence-corrected chi connectivity index (χ2v) is 6.82. The molecule has 0 bridgehead atoms. The van der Waals surface area contributed by atoms with Crippen LogP contribution < -0.4 is 26.7 Å². The summed E-state index contributed by atoms with van der Waals surface area (Å²) >= 11 is 0. The first-order valence-corrected chi connectivity index (χ1v) is 8.63. The number of ether oxygens (including phenoxy) is 2. The standard InChI is InChI=1S/C17H21FN4O4/c1-9-8-20(5-6-26-9)14-12(18)7-11-13(15(14)25-2)21(10-3-4-10)17(24)22(19)16(11)23/h7,9-10H,3-6,8,19H2,1-2H3. The Hall–Kier alpha value is -2.55. The lowest BCUT2D eigenvalue weighted by Crippen LogP contribution is -2.45. The fourth-order valence-corrected chi connectivity index (χ4v) is 3.62. The van der Waals surface area contributed by atoms with Gasteiger partial charge in [-0.05, 0) is 25.8 Å². The Morgan fingerprint density at radius 3 is 2.69 bits per heavy atom. The lowest BCUT2D eigenvalue weighted by atomic mass is 10.1. The number of hydrogen-bond donors (Lipinski definition) is 1. The second kappa shape index (κ2) is 6.01. The van der Waals surface area contributed by atoms with Crippen molar-refractivity contribution in [3.05, 3.63) is 32.7 Å². The molecule has 1 unspecified atom stereocenters. The molecule has 1 saturated carbocycles. The largest absolute Gasteiger partial charge is 0.492 e. The lowest BCUT2D eigenvalue weighted by Gasteiger charge is -2.34. The van der Waals surface area contributed by atoms with Gasteiger partial charge in [-0.15, -0.1) is 0 Å². The van der Waals surface area contributed by atoms with Gasteiger partial charge in [0, 0.05) is 19.1 Å². The summed E-state index contributed by atoms with van der Waals surface area (Å²) in [6, 6.07) is 1.09. The first kappa shape index (κ1) is 16.9. The SMILES string of the molecule is COc1c(N2CCOC(C)C2)c(F)cc2c(=O)n(N)c(=O)n(C3CC3)c12. The molecule has 0 spiro atoms. The van der Waals surface area contributed by atoms with Gasteiger partial charge < -0.3 is 20.2 Å². The number of rotatable bonds is 3. The Kier molecular flexibility index (Phi) is 3.91. The first-order valence-electron chi connectivity index (χ1n) is 8.63. The molecule has 2 fully saturated rings. The number of nitrogen functional groups attached to an aromatic ring is 1. The quantitative estimate of drug-likeness (QED) is 0.802. The van der Waals surface area contributed by atoms with E-state index in [2.05, 4.69) is 0 Å². The summed E-state index contributed by atoms with van der Waals surface area (Å²) in [5.74, 6) is 5.24. The Labute approximate surface area is 148 Å². The number of anilines is 1. The minimum absolute atomic E-state index is 0.0402. The molecule has 9 heteroatoms. The number of nitrogens with two attached hydrogens (primary N) is 1. The van der Waals surface area contributed by atoms with Crippen LogP contribution in [0.2, 0.25) is 0 Å². The molecule has 0 radical (unpaired) electrons. The molecule has 0 amide bonds. The van der Waals surface area contributed by atoms with Crippen LogP contribution >= 0.6 is 0 Å². The molecule has 1 aliphatic carbocycles. The van der Waals surface area contributed by atoms with Crippen LogP contribution in [0.5, 0.6) is 5.75 Å². The number of halogens is 1. The zero-order valence-corrected chi connectivity index (χ0v) is 14.7. The van der Waals surface area contributed by atoms with Gasteiger partial charge in [-0.1, -0.05) is 0 Å². The van der Waals surface area contributed by atoms with Crippen LogP contribution in [0.25, 0.3) is 10.9 Å². The van der Waals surface area contributed by atoms with Gasteiger partial charge in [-0.2, -0.15) is 4.68 Å². The van der Waals surface area contributed by atoms with Crippen molar-refractivity contribution < 1.29 is 13.9 Å². The van der Waals surface area contributed by atoms with Crippen LogP contribution in [-0.2, 0) is 4.74 Å². The summed E-state index contributed by atoms with van der Waals surface area (Å²) in [5, 5.41) is 0.0402. The fourth-order valence-electron chi connectivity index (χ4n) is 3.62. The molecule has 2 aliphatic rings. The summed E-state index contributed by atoms with van der Waals surface area (Å²) in [6.07, 6.45) is 1.54. The maximum Gasteiger partial charge on any atom is 0.350 e. The van der Waals surface area contributed by atoms with Crippen molar-refractivity contribution in [1.29, 1.82) is 0 Å². The zero-order valence-electron chi connectivity index (χ0n) is 14.7. The van der Waals surface area contributed by atoms with Crippen molar-refractivity contribution in [2.45, 2.75) is 31.9 Å². The summed E-state index contributed by atoms with van der Waals surface area (Å²) in [5.41, 5.74) is -0.794. The van der Waals surface area contributed by atoms with Crippen LogP contribution in [0.15, 0.2) is 15.7 Å². The molecule has 2 heterocycles. The Bertz CT molecular complexity index is 995. The summed E-state index contributed by atoms with van der Waals surface area (Å²) in [4.78, 5) is 26.9. The highest BCUT2D eigenvalue weighted by atomic mass is 19.1. The van der Waals surface area contributed by atoms with E-state index in [1.54, 1.807) is 0 Å². The van der Waals surface area contributed by atoms with Crippen molar-refractivity contribution in [1.82, 2.24) is 9.24 Å². The molecule has 4 rings (SSSR count). The highest BCUT2D eigenvalue weighted by molar-refractivity contribution is 5.91. The molecule has 1 aliphatic heterocycles. The summed E-state index contributed by atoms with van der Waals surface area (Å²) in [7, 11) is 1.41. The van der Waals surface area contributed by atoms with Crippen molar-refractivity contribution in [2.75, 3.05) is 37.5 Å². The van der Waals surface area contributed by atoms with E-state index < -0.39 is 17.1 Å². The van der Waals surface area contributed by atoms with Crippen molar-refractivity contribution >= 4 is 16.6 Å². The molecule has 140 valence electrons. The number of benzene rings is 1. The van der Waals surface area contributed by atoms with E-state index in [1.165, 1.54) is 11.7 Å². The van der Waals surface area contributed by atoms with E-state index in [0.29, 0.717) is 29.9 Å². The molecular weight excluding hydrogens is 343 g/mol. The van der Waals surface area contributed by atoms with Gasteiger partial charge >= 0.3 is 5.69 Å². The van der Waals surface area contributed by atoms with Gasteiger partial charge in [0.15, 0.2) is 11.6 Å². The lowest BCUT2D eigenvalue weighted by molar-refractivity contribution is 0.0528. The molecule has 1 atom stereocenters. The minimum atomic E-state index is -0.735. The third kappa shape index (κ3) is 2.45. The highest BCUT2D eigenvalue weighted by Gasteiger charge is 2.33. The number of hydrogen-bond acceptors (Lipinski definition) is 6. The van der Waals surface area contributed by atoms with Gasteiger partial charge in [0.05, 0.1) is 25.2 Å². The van der Waals surface area contributed by atoms with Gasteiger partial charge in [-0.3, -0.25) is 9.36 Å². The maximum atomic E-state index is 15.0. The van der Waals surface area contributed by atoms with Crippen LogP contribution in [0.3, 0.4) is 0 Å². The highest BCUT2D eigenvalue weighted by Crippen LogP contribution is 2.42. The zero-order chi connectivity index (χ0) is 18.6. The minimum Gasteiger partial charge on any atom is -0.492 e. The monoisotopic (exact) mass is 364 g/mol. The predicted molar refractivity (Wildman–Crippen MR) is 95.0 cm³/mol. The van der Waals surface area contributed by atoms with E-state index >= 15 is 4.39 Å². The third-order valence-electron chi connectivity index (χ3n) is 4.96. The van der Waals surface area contributed by atoms with Crippen LogP contribution in [0.1, 0.15) is 25.8 Å². The predicted octanol–water partition coefficient (Wildman–Crippen LogP) is 0.585. The van der Waals surface area contributed by atoms with E-state index in [1.807, 2.05) is 11.8 Å². The number of nitrogens with zero attached hydrogens (tertiary/aromatic N) is 3. The second-order valence-electron chi connectivity index (χ2n) is 6.82. The van der Waals surface area contributed by atoms with Gasteiger partial charge in [0.2, 0.25) is 0 Å². The average Bonchev–Trinajstić information content (AvgIpc) is 3.44. The number of aromatic nitrogens is 2. The number of methoxy groups -OCH3 is 1. The summed E-state index contributed by atoms with van der Waals surface area (Å²) in [6.45, 7) is 3.34. The molecule has 1 aromatic heterocycles. The Balaban J connectivity index is 2.07. The fraction of sp³-hybridized carbons (Fsp3) is 0.529. The van der Waals surface area contributed by atoms with Crippen molar-refractivity contribution in [2.24, 2.45) is 0 Å². The van der Waals surface area contributed by atoms with E-state index in [-0.39, 0.29) is 29.0 Å². The first-order chi connectivity index (χ1) is 12.4. The topological polar surface area (TPSA) is 91.7 Å². The Morgan fingerprint density at radius 2 is 2.08 bits per heavy atom. The van der Waals surface area contributed by atoms with Crippen molar-refractivity contribution in [3.63, 3.8) is 0 Å². The molecule has 2 N–H and O–H groups in total. The van der Waals surface area contributed by atoms with Crippen LogP contribution in [0, 0.1) is 5.82 Å². The smallest absolute Gasteiger partial charge is 0.350 e. The molecule has 26 heavy (non-hydrogen) atoms. The van der Waals surface area contributed by atoms with Crippen LogP contribution in [-0.4, -0.2) is 42.2 Å². The summed E-state index contributed by atoms with van der Waals surface area (Å²) < 4.78 is 28.1. The van der Waals surface area contributed by atoms with Gasteiger partial charge in [0.1, 0.15) is 11.2 Å². The molecular formula is C17H21FN4O4. The normalized spacial score (nSPS) is 20.6. The molecule has 1 saturated heterocycles. The molecule has 2 aromatic rings. The van der Waals surface area contributed by atoms with Crippen molar-refractivity contribution in [3.8, 4) is 5.75 Å². The van der Waals surface area contributed by atoms with E-state index in [9.17, 15) is 9.59 Å². The molecule has 1 aromatic carbocycles. The number of fused-ring (bicyclic) bond motifs is 1. The maximum absolute atomic E-state index is 15.0.